The number of nitrogens with zero attached hydrogens (tertiary/aromatic N) is 1. The van der Waals surface area contributed by atoms with Crippen LogP contribution in [-0.4, -0.2) is 20.1 Å². The third-order valence-corrected chi connectivity index (χ3v) is 3.91. The number of halogens is 1. The molecule has 2 aromatic carbocycles. The van der Waals surface area contributed by atoms with E-state index in [1.165, 1.54) is 0 Å². The normalized spacial score (nSPS) is 10.2. The van der Waals surface area contributed by atoms with Crippen molar-refractivity contribution in [3.05, 3.63) is 52.5 Å². The van der Waals surface area contributed by atoms with E-state index in [0.29, 0.717) is 5.56 Å². The molecule has 0 heterocycles. The van der Waals surface area contributed by atoms with Gasteiger partial charge in [0.15, 0.2) is 0 Å². The Balaban J connectivity index is 2.29. The van der Waals surface area contributed by atoms with Gasteiger partial charge in [-0.1, -0.05) is 0 Å². The van der Waals surface area contributed by atoms with Gasteiger partial charge in [-0.05, 0) is 58.4 Å². The molecule has 0 aliphatic heterocycles. The van der Waals surface area contributed by atoms with Gasteiger partial charge in [0.25, 0.3) is 5.91 Å². The second kappa shape index (κ2) is 6.33. The van der Waals surface area contributed by atoms with Crippen molar-refractivity contribution in [1.29, 1.82) is 0 Å². The predicted octanol–water partition coefficient (Wildman–Crippen LogP) is 4.02. The average molecular weight is 352 g/mol. The molecule has 2 rings (SSSR count). The molecule has 2 aromatic rings. The van der Waals surface area contributed by atoms with Crippen LogP contribution in [0.3, 0.4) is 0 Å². The molecule has 0 aromatic heterocycles. The molecule has 0 radical (unpaired) electrons. The summed E-state index contributed by atoms with van der Waals surface area (Å²) in [6.07, 6.45) is 0. The number of thiol groups is 1. The Morgan fingerprint density at radius 3 is 2.45 bits per heavy atom. The van der Waals surface area contributed by atoms with Crippen molar-refractivity contribution in [1.82, 2.24) is 0 Å². The van der Waals surface area contributed by atoms with Crippen molar-refractivity contribution in [3.63, 3.8) is 0 Å². The first-order valence-electron chi connectivity index (χ1n) is 5.93. The number of anilines is 1. The zero-order chi connectivity index (χ0) is 14.7. The van der Waals surface area contributed by atoms with Gasteiger partial charge in [-0.15, -0.1) is 12.6 Å². The third kappa shape index (κ3) is 3.16. The largest absolute Gasteiger partial charge is 0.497 e. The van der Waals surface area contributed by atoms with Gasteiger partial charge in [0.05, 0.1) is 12.7 Å². The number of hydrogen-bond donors (Lipinski definition) is 1. The summed E-state index contributed by atoms with van der Waals surface area (Å²) in [5.41, 5.74) is 1.38. The van der Waals surface area contributed by atoms with Crippen LogP contribution < -0.4 is 9.64 Å². The third-order valence-electron chi connectivity index (χ3n) is 2.94. The minimum Gasteiger partial charge on any atom is -0.497 e. The van der Waals surface area contributed by atoms with E-state index in [4.69, 9.17) is 4.74 Å². The molecule has 0 atom stereocenters. The van der Waals surface area contributed by atoms with Crippen LogP contribution in [0.5, 0.6) is 5.75 Å². The maximum absolute atomic E-state index is 12.5. The van der Waals surface area contributed by atoms with Crippen LogP contribution in [-0.2, 0) is 0 Å². The Bertz CT molecular complexity index is 628. The van der Waals surface area contributed by atoms with Gasteiger partial charge in [-0.3, -0.25) is 4.79 Å². The standard InChI is InChI=1S/C15H14BrNO2S/c1-17(10-3-5-11(19-2)6-4-10)15(18)13-9-12(20)7-8-14(13)16/h3-9,20H,1-2H3. The van der Waals surface area contributed by atoms with E-state index in [0.717, 1.165) is 20.8 Å². The molecule has 5 heteroatoms. The van der Waals surface area contributed by atoms with Gasteiger partial charge in [0.1, 0.15) is 5.75 Å². The van der Waals surface area contributed by atoms with E-state index in [1.54, 1.807) is 25.1 Å². The summed E-state index contributed by atoms with van der Waals surface area (Å²) in [4.78, 5) is 14.8. The fourth-order valence-corrected chi connectivity index (χ4v) is 2.40. The molecule has 1 amide bonds. The number of methoxy groups -OCH3 is 1. The van der Waals surface area contributed by atoms with Crippen LogP contribution in [0, 0.1) is 0 Å². The molecule has 0 bridgehead atoms. The van der Waals surface area contributed by atoms with Crippen LogP contribution >= 0.6 is 28.6 Å². The van der Waals surface area contributed by atoms with E-state index in [1.807, 2.05) is 36.4 Å². The van der Waals surface area contributed by atoms with Crippen molar-refractivity contribution >= 4 is 40.2 Å². The SMILES string of the molecule is COc1ccc(N(C)C(=O)c2cc(S)ccc2Br)cc1. The summed E-state index contributed by atoms with van der Waals surface area (Å²) in [6.45, 7) is 0. The second-order valence-corrected chi connectivity index (χ2v) is 5.60. The minimum absolute atomic E-state index is 0.0991. The molecule has 0 fully saturated rings. The lowest BCUT2D eigenvalue weighted by Crippen LogP contribution is -2.26. The van der Waals surface area contributed by atoms with E-state index in [-0.39, 0.29) is 5.91 Å². The highest BCUT2D eigenvalue weighted by atomic mass is 79.9. The molecule has 3 nitrogen and oxygen atoms in total. The molecule has 0 saturated heterocycles. The van der Waals surface area contributed by atoms with Crippen LogP contribution in [0.15, 0.2) is 51.8 Å². The number of amides is 1. The Labute approximate surface area is 132 Å². The number of benzene rings is 2. The highest BCUT2D eigenvalue weighted by Crippen LogP contribution is 2.25. The maximum Gasteiger partial charge on any atom is 0.259 e. The highest BCUT2D eigenvalue weighted by Gasteiger charge is 2.16. The number of carbonyl (C=O) groups is 1. The van der Waals surface area contributed by atoms with Crippen molar-refractivity contribution in [2.24, 2.45) is 0 Å². The van der Waals surface area contributed by atoms with Crippen LogP contribution in [0.4, 0.5) is 5.69 Å². The lowest BCUT2D eigenvalue weighted by Gasteiger charge is -2.18. The Hall–Kier alpha value is -1.46. The average Bonchev–Trinajstić information content (AvgIpc) is 2.48. The quantitative estimate of drug-likeness (QED) is 0.846. The summed E-state index contributed by atoms with van der Waals surface area (Å²) >= 11 is 7.66. The summed E-state index contributed by atoms with van der Waals surface area (Å²) in [5, 5.41) is 0. The Kier molecular flexibility index (Phi) is 4.73. The van der Waals surface area contributed by atoms with Gasteiger partial charge in [0, 0.05) is 22.1 Å². The zero-order valence-electron chi connectivity index (χ0n) is 11.1. The molecule has 0 aliphatic carbocycles. The minimum atomic E-state index is -0.0991. The van der Waals surface area contributed by atoms with Gasteiger partial charge < -0.3 is 9.64 Å². The Morgan fingerprint density at radius 1 is 1.20 bits per heavy atom. The first-order chi connectivity index (χ1) is 9.52. The monoisotopic (exact) mass is 351 g/mol. The maximum atomic E-state index is 12.5. The molecular weight excluding hydrogens is 338 g/mol. The molecule has 104 valence electrons. The first kappa shape index (κ1) is 14.9. The molecule has 0 aliphatic rings. The summed E-state index contributed by atoms with van der Waals surface area (Å²) in [6, 6.07) is 12.7. The molecular formula is C15H14BrNO2S. The smallest absolute Gasteiger partial charge is 0.259 e. The van der Waals surface area contributed by atoms with Crippen molar-refractivity contribution in [2.45, 2.75) is 4.90 Å². The molecule has 0 saturated carbocycles. The van der Waals surface area contributed by atoms with Crippen molar-refractivity contribution in [2.75, 3.05) is 19.1 Å². The molecule has 0 N–H and O–H groups in total. The van der Waals surface area contributed by atoms with Gasteiger partial charge in [-0.25, -0.2) is 0 Å². The fourth-order valence-electron chi connectivity index (χ4n) is 1.78. The highest BCUT2D eigenvalue weighted by molar-refractivity contribution is 9.10. The molecule has 0 unspecified atom stereocenters. The Morgan fingerprint density at radius 2 is 1.85 bits per heavy atom. The number of carbonyl (C=O) groups excluding carboxylic acids is 1. The van der Waals surface area contributed by atoms with Crippen molar-refractivity contribution in [3.8, 4) is 5.75 Å². The van der Waals surface area contributed by atoms with E-state index in [2.05, 4.69) is 28.6 Å². The first-order valence-corrected chi connectivity index (χ1v) is 7.17. The lowest BCUT2D eigenvalue weighted by molar-refractivity contribution is 0.0992. The summed E-state index contributed by atoms with van der Waals surface area (Å²) in [7, 11) is 3.35. The van der Waals surface area contributed by atoms with Gasteiger partial charge >= 0.3 is 0 Å². The predicted molar refractivity (Wildman–Crippen MR) is 87.1 cm³/mol. The summed E-state index contributed by atoms with van der Waals surface area (Å²) in [5.74, 6) is 0.658. The van der Waals surface area contributed by atoms with Gasteiger partial charge in [-0.2, -0.15) is 0 Å². The topological polar surface area (TPSA) is 29.5 Å². The number of ether oxygens (including phenoxy) is 1. The molecule has 0 spiro atoms. The van der Waals surface area contributed by atoms with E-state index >= 15 is 0 Å². The second-order valence-electron chi connectivity index (χ2n) is 4.23. The fraction of sp³-hybridized carbons (Fsp3) is 0.133. The van der Waals surface area contributed by atoms with Crippen LogP contribution in [0.25, 0.3) is 0 Å². The van der Waals surface area contributed by atoms with E-state index < -0.39 is 0 Å². The van der Waals surface area contributed by atoms with Crippen LogP contribution in [0.2, 0.25) is 0 Å². The number of rotatable bonds is 3. The van der Waals surface area contributed by atoms with Crippen molar-refractivity contribution < 1.29 is 9.53 Å². The zero-order valence-corrected chi connectivity index (χ0v) is 13.6. The lowest BCUT2D eigenvalue weighted by atomic mass is 10.2. The summed E-state index contributed by atoms with van der Waals surface area (Å²) < 4.78 is 5.86. The van der Waals surface area contributed by atoms with Crippen LogP contribution in [0.1, 0.15) is 10.4 Å². The molecule has 20 heavy (non-hydrogen) atoms. The van der Waals surface area contributed by atoms with E-state index in [9.17, 15) is 4.79 Å². The van der Waals surface area contributed by atoms with Gasteiger partial charge in [0.2, 0.25) is 0 Å². The number of hydrogen-bond acceptors (Lipinski definition) is 3.